The van der Waals surface area contributed by atoms with Crippen LogP contribution in [0.4, 0.5) is 0 Å². The molecule has 2 N–H and O–H groups in total. The number of hydrogen-bond donors (Lipinski definition) is 2. The first-order valence-corrected chi connectivity index (χ1v) is 8.39. The average molecular weight is 480 g/mol. The summed E-state index contributed by atoms with van der Waals surface area (Å²) in [6.07, 6.45) is 0.935. The number of rotatable bonds is 10. The Morgan fingerprint density at radius 2 is 1.81 bits per heavy atom. The van der Waals surface area contributed by atoms with E-state index in [2.05, 4.69) is 40.7 Å². The van der Waals surface area contributed by atoms with Gasteiger partial charge in [-0.25, -0.2) is 0 Å². The smallest absolute Gasteiger partial charge is 0.191 e. The summed E-state index contributed by atoms with van der Waals surface area (Å²) in [6.45, 7) is 2.26. The monoisotopic (exact) mass is 480 g/mol. The molecule has 0 saturated carbocycles. The second-order valence-electron chi connectivity index (χ2n) is 5.82. The van der Waals surface area contributed by atoms with Crippen LogP contribution >= 0.6 is 24.0 Å². The van der Waals surface area contributed by atoms with Crippen LogP contribution < -0.4 is 20.1 Å². The Morgan fingerprint density at radius 1 is 1.12 bits per heavy atom. The summed E-state index contributed by atoms with van der Waals surface area (Å²) in [4.78, 5) is 6.42. The Labute approximate surface area is 174 Å². The van der Waals surface area contributed by atoms with Gasteiger partial charge in [-0.05, 0) is 38.2 Å². The van der Waals surface area contributed by atoms with Crippen molar-refractivity contribution in [2.24, 2.45) is 4.99 Å². The molecule has 8 heteroatoms. The van der Waals surface area contributed by atoms with Crippen molar-refractivity contribution in [3.05, 3.63) is 23.8 Å². The van der Waals surface area contributed by atoms with Crippen molar-refractivity contribution in [3.63, 3.8) is 0 Å². The molecule has 7 nitrogen and oxygen atoms in total. The summed E-state index contributed by atoms with van der Waals surface area (Å²) in [5.41, 5.74) is 1.14. The summed E-state index contributed by atoms with van der Waals surface area (Å²) < 4.78 is 15.8. The van der Waals surface area contributed by atoms with Gasteiger partial charge in [0.05, 0.1) is 20.3 Å². The third kappa shape index (κ3) is 7.96. The van der Waals surface area contributed by atoms with Crippen molar-refractivity contribution < 1.29 is 14.2 Å². The fraction of sp³-hybridized carbons (Fsp3) is 0.611. The minimum absolute atomic E-state index is 0. The molecule has 0 bridgehead atoms. The van der Waals surface area contributed by atoms with E-state index >= 15 is 0 Å². The number of likely N-dealkylation sites (N-methyl/N-ethyl adjacent to an activating group) is 1. The lowest BCUT2D eigenvalue weighted by molar-refractivity contribution is 0.195. The third-order valence-corrected chi connectivity index (χ3v) is 3.92. The minimum atomic E-state index is 0. The van der Waals surface area contributed by atoms with Gasteiger partial charge in [-0.15, -0.1) is 24.0 Å². The number of guanidine groups is 1. The molecule has 0 aliphatic heterocycles. The summed E-state index contributed by atoms with van der Waals surface area (Å²) in [5, 5.41) is 6.66. The number of nitrogens with zero attached hydrogens (tertiary/aromatic N) is 2. The Kier molecular flexibility index (Phi) is 13.2. The molecule has 0 aliphatic rings. The average Bonchev–Trinajstić information content (AvgIpc) is 2.63. The Hall–Kier alpha value is -1.26. The van der Waals surface area contributed by atoms with Crippen LogP contribution in [0.15, 0.2) is 23.2 Å². The zero-order chi connectivity index (χ0) is 18.7. The highest BCUT2D eigenvalue weighted by Gasteiger charge is 2.17. The van der Waals surface area contributed by atoms with E-state index in [-0.39, 0.29) is 30.0 Å². The van der Waals surface area contributed by atoms with Crippen LogP contribution in [0.2, 0.25) is 0 Å². The molecule has 0 fully saturated rings. The maximum atomic E-state index is 5.42. The summed E-state index contributed by atoms with van der Waals surface area (Å²) in [5.74, 6) is 2.24. The molecule has 0 aliphatic carbocycles. The molecule has 150 valence electrons. The minimum Gasteiger partial charge on any atom is -0.493 e. The second kappa shape index (κ2) is 13.9. The van der Waals surface area contributed by atoms with Gasteiger partial charge in [0.25, 0.3) is 0 Å². The van der Waals surface area contributed by atoms with Gasteiger partial charge in [-0.3, -0.25) is 4.99 Å². The highest BCUT2D eigenvalue weighted by molar-refractivity contribution is 14.0. The first-order chi connectivity index (χ1) is 12.1. The van der Waals surface area contributed by atoms with Crippen molar-refractivity contribution in [3.8, 4) is 11.5 Å². The second-order valence-corrected chi connectivity index (χ2v) is 5.82. The molecule has 1 unspecified atom stereocenters. The Bertz CT molecular complexity index is 541. The van der Waals surface area contributed by atoms with Gasteiger partial charge in [0.1, 0.15) is 0 Å². The van der Waals surface area contributed by atoms with Crippen molar-refractivity contribution >= 4 is 29.9 Å². The van der Waals surface area contributed by atoms with Crippen molar-refractivity contribution in [2.75, 3.05) is 62.2 Å². The lowest BCUT2D eigenvalue weighted by atomic mass is 10.1. The van der Waals surface area contributed by atoms with Crippen LogP contribution in [0, 0.1) is 0 Å². The molecule has 1 aromatic carbocycles. The van der Waals surface area contributed by atoms with Crippen LogP contribution in [-0.2, 0) is 4.74 Å². The number of aliphatic imine (C=N–C) groups is 1. The number of ether oxygens (including phenoxy) is 3. The molecule has 0 heterocycles. The van der Waals surface area contributed by atoms with E-state index < -0.39 is 0 Å². The molecule has 1 atom stereocenters. The van der Waals surface area contributed by atoms with E-state index in [9.17, 15) is 0 Å². The molecule has 1 rings (SSSR count). The molecule has 0 saturated heterocycles. The highest BCUT2D eigenvalue weighted by Crippen LogP contribution is 2.31. The number of halogens is 1. The predicted molar refractivity (Wildman–Crippen MR) is 117 cm³/mol. The maximum absolute atomic E-state index is 5.42. The lowest BCUT2D eigenvalue weighted by Crippen LogP contribution is -2.42. The van der Waals surface area contributed by atoms with Gasteiger partial charge in [-0.2, -0.15) is 0 Å². The number of nitrogens with one attached hydrogen (secondary N) is 2. The zero-order valence-corrected chi connectivity index (χ0v) is 19.0. The standard InChI is InChI=1S/C18H32N4O3.HI/c1-19-18(20-10-7-11-23-4)21-13-15(22(2)3)14-8-9-16(24-5)17(12-14)25-6;/h8-9,12,15H,7,10-11,13H2,1-6H3,(H2,19,20,21);1H. The van der Waals surface area contributed by atoms with Gasteiger partial charge in [0.2, 0.25) is 0 Å². The molecular weight excluding hydrogens is 447 g/mol. The summed E-state index contributed by atoms with van der Waals surface area (Å²) in [7, 11) is 10.9. The Morgan fingerprint density at radius 3 is 2.35 bits per heavy atom. The maximum Gasteiger partial charge on any atom is 0.191 e. The van der Waals surface area contributed by atoms with Crippen LogP contribution in [-0.4, -0.2) is 73.0 Å². The first kappa shape index (κ1) is 24.7. The van der Waals surface area contributed by atoms with E-state index in [1.54, 1.807) is 28.4 Å². The SMILES string of the molecule is CN=C(NCCCOC)NCC(c1ccc(OC)c(OC)c1)N(C)C.I. The zero-order valence-electron chi connectivity index (χ0n) is 16.7. The fourth-order valence-electron chi connectivity index (χ4n) is 2.50. The molecule has 26 heavy (non-hydrogen) atoms. The fourth-order valence-corrected chi connectivity index (χ4v) is 2.50. The largest absolute Gasteiger partial charge is 0.493 e. The number of methoxy groups -OCH3 is 3. The molecule has 0 amide bonds. The topological polar surface area (TPSA) is 67.4 Å². The van der Waals surface area contributed by atoms with E-state index in [1.165, 1.54) is 0 Å². The van der Waals surface area contributed by atoms with Crippen LogP contribution in [0.1, 0.15) is 18.0 Å². The van der Waals surface area contributed by atoms with E-state index in [1.807, 2.05) is 12.1 Å². The lowest BCUT2D eigenvalue weighted by Gasteiger charge is -2.26. The quantitative estimate of drug-likeness (QED) is 0.232. The number of hydrogen-bond acceptors (Lipinski definition) is 5. The molecule has 0 aromatic heterocycles. The van der Waals surface area contributed by atoms with Crippen molar-refractivity contribution in [2.45, 2.75) is 12.5 Å². The summed E-state index contributed by atoms with van der Waals surface area (Å²) in [6, 6.07) is 6.17. The van der Waals surface area contributed by atoms with Crippen LogP contribution in [0.5, 0.6) is 11.5 Å². The van der Waals surface area contributed by atoms with E-state index in [0.717, 1.165) is 42.6 Å². The van der Waals surface area contributed by atoms with E-state index in [0.29, 0.717) is 6.54 Å². The van der Waals surface area contributed by atoms with Crippen molar-refractivity contribution in [1.29, 1.82) is 0 Å². The molecule has 1 aromatic rings. The molecule has 0 spiro atoms. The van der Waals surface area contributed by atoms with Crippen LogP contribution in [0.25, 0.3) is 0 Å². The summed E-state index contributed by atoms with van der Waals surface area (Å²) >= 11 is 0. The third-order valence-electron chi connectivity index (χ3n) is 3.92. The van der Waals surface area contributed by atoms with Gasteiger partial charge in [0, 0.05) is 33.9 Å². The predicted octanol–water partition coefficient (Wildman–Crippen LogP) is 2.13. The molecular formula is C18H33IN4O3. The normalized spacial score (nSPS) is 12.3. The van der Waals surface area contributed by atoms with Crippen molar-refractivity contribution in [1.82, 2.24) is 15.5 Å². The van der Waals surface area contributed by atoms with Gasteiger partial charge < -0.3 is 29.7 Å². The number of benzene rings is 1. The highest BCUT2D eigenvalue weighted by atomic mass is 127. The first-order valence-electron chi connectivity index (χ1n) is 8.39. The van der Waals surface area contributed by atoms with E-state index in [4.69, 9.17) is 14.2 Å². The Balaban J connectivity index is 0.00000625. The van der Waals surface area contributed by atoms with Gasteiger partial charge >= 0.3 is 0 Å². The van der Waals surface area contributed by atoms with Crippen LogP contribution in [0.3, 0.4) is 0 Å². The van der Waals surface area contributed by atoms with Gasteiger partial charge in [-0.1, -0.05) is 6.07 Å². The van der Waals surface area contributed by atoms with Gasteiger partial charge in [0.15, 0.2) is 17.5 Å². The molecule has 0 radical (unpaired) electrons.